The van der Waals surface area contributed by atoms with Gasteiger partial charge in [0.25, 0.3) is 5.91 Å². The average molecular weight is 363 g/mol. The minimum absolute atomic E-state index is 0.0107. The van der Waals surface area contributed by atoms with Crippen LogP contribution < -0.4 is 15.4 Å². The van der Waals surface area contributed by atoms with E-state index in [1.165, 1.54) is 12.4 Å². The summed E-state index contributed by atoms with van der Waals surface area (Å²) in [7, 11) is 0. The van der Waals surface area contributed by atoms with E-state index in [9.17, 15) is 4.79 Å². The molecule has 0 atom stereocenters. The predicted octanol–water partition coefficient (Wildman–Crippen LogP) is 3.52. The molecule has 0 bridgehead atoms. The number of hydrogen-bond donors (Lipinski definition) is 2. The Bertz CT molecular complexity index is 882. The van der Waals surface area contributed by atoms with Crippen LogP contribution >= 0.6 is 0 Å². The minimum Gasteiger partial charge on any atom is -0.489 e. The fourth-order valence-electron chi connectivity index (χ4n) is 2.34. The van der Waals surface area contributed by atoms with Gasteiger partial charge in [0.2, 0.25) is 5.95 Å². The van der Waals surface area contributed by atoms with Crippen molar-refractivity contribution in [2.45, 2.75) is 26.5 Å². The third-order valence-electron chi connectivity index (χ3n) is 3.59. The Morgan fingerprint density at radius 1 is 1.07 bits per heavy atom. The fraction of sp³-hybridized carbons (Fsp3) is 0.200. The molecular weight excluding hydrogens is 342 g/mol. The fourth-order valence-corrected chi connectivity index (χ4v) is 2.34. The number of nitrogens with one attached hydrogen (secondary N) is 2. The van der Waals surface area contributed by atoms with Crippen LogP contribution in [0.5, 0.6) is 5.75 Å². The van der Waals surface area contributed by atoms with Crippen molar-refractivity contribution in [2.24, 2.45) is 0 Å². The molecule has 27 heavy (non-hydrogen) atoms. The third kappa shape index (κ3) is 5.24. The highest BCUT2D eigenvalue weighted by molar-refractivity contribution is 6.04. The Morgan fingerprint density at radius 3 is 2.56 bits per heavy atom. The number of anilines is 2. The quantitative estimate of drug-likeness (QED) is 0.668. The molecule has 0 unspecified atom stereocenters. The van der Waals surface area contributed by atoms with Crippen molar-refractivity contribution in [3.63, 3.8) is 0 Å². The lowest BCUT2D eigenvalue weighted by Crippen LogP contribution is -2.15. The number of para-hydroxylation sites is 2. The van der Waals surface area contributed by atoms with E-state index in [2.05, 4.69) is 25.6 Å². The van der Waals surface area contributed by atoms with Gasteiger partial charge in [0, 0.05) is 31.3 Å². The maximum absolute atomic E-state index is 12.5. The Balaban J connectivity index is 1.62. The Hall–Kier alpha value is -3.48. The van der Waals surface area contributed by atoms with E-state index in [0.29, 0.717) is 29.5 Å². The molecular formula is C20H21N5O2. The molecule has 0 aliphatic carbocycles. The van der Waals surface area contributed by atoms with E-state index in [4.69, 9.17) is 4.74 Å². The molecule has 3 aromatic rings. The molecule has 2 N–H and O–H groups in total. The second kappa shape index (κ2) is 8.75. The molecule has 0 saturated carbocycles. The van der Waals surface area contributed by atoms with E-state index < -0.39 is 0 Å². The van der Waals surface area contributed by atoms with Crippen molar-refractivity contribution in [3.05, 3.63) is 72.3 Å². The topological polar surface area (TPSA) is 89.0 Å². The van der Waals surface area contributed by atoms with Gasteiger partial charge in [0.05, 0.1) is 17.4 Å². The second-order valence-electron chi connectivity index (χ2n) is 6.13. The molecule has 138 valence electrons. The number of pyridine rings is 1. The molecule has 0 aliphatic rings. The average Bonchev–Trinajstić information content (AvgIpc) is 2.69. The smallest absolute Gasteiger partial charge is 0.258 e. The van der Waals surface area contributed by atoms with Gasteiger partial charge < -0.3 is 15.4 Å². The Morgan fingerprint density at radius 2 is 1.85 bits per heavy atom. The molecule has 2 aromatic heterocycles. The van der Waals surface area contributed by atoms with Crippen molar-refractivity contribution in [2.75, 3.05) is 10.6 Å². The first-order valence-electron chi connectivity index (χ1n) is 8.63. The van der Waals surface area contributed by atoms with Crippen molar-refractivity contribution < 1.29 is 9.53 Å². The molecule has 1 aromatic carbocycles. The standard InChI is InChI=1S/C20H21N5O2/c1-14(2)27-18-8-4-3-7-17(18)25-19(26)16-12-23-20(24-13-16)22-11-15-6-5-9-21-10-15/h3-10,12-14H,11H2,1-2H3,(H,25,26)(H,22,23,24). The van der Waals surface area contributed by atoms with Crippen LogP contribution in [0.1, 0.15) is 29.8 Å². The van der Waals surface area contributed by atoms with Gasteiger partial charge in [0.1, 0.15) is 5.75 Å². The number of aromatic nitrogens is 3. The number of carbonyl (C=O) groups excluding carboxylic acids is 1. The number of hydrogen-bond acceptors (Lipinski definition) is 6. The zero-order valence-corrected chi connectivity index (χ0v) is 15.2. The second-order valence-corrected chi connectivity index (χ2v) is 6.13. The van der Waals surface area contributed by atoms with Gasteiger partial charge >= 0.3 is 0 Å². The summed E-state index contributed by atoms with van der Waals surface area (Å²) >= 11 is 0. The highest BCUT2D eigenvalue weighted by Gasteiger charge is 2.11. The number of carbonyl (C=O) groups is 1. The van der Waals surface area contributed by atoms with Gasteiger partial charge in [-0.15, -0.1) is 0 Å². The van der Waals surface area contributed by atoms with E-state index in [-0.39, 0.29) is 12.0 Å². The van der Waals surface area contributed by atoms with Crippen molar-refractivity contribution >= 4 is 17.5 Å². The molecule has 3 rings (SSSR count). The first-order chi connectivity index (χ1) is 13.1. The summed E-state index contributed by atoms with van der Waals surface area (Å²) in [5.41, 5.74) is 1.99. The van der Waals surface area contributed by atoms with Crippen LogP contribution in [-0.4, -0.2) is 27.0 Å². The normalized spacial score (nSPS) is 10.5. The SMILES string of the molecule is CC(C)Oc1ccccc1NC(=O)c1cnc(NCc2cccnc2)nc1. The molecule has 0 saturated heterocycles. The number of amides is 1. The summed E-state index contributed by atoms with van der Waals surface area (Å²) in [6.45, 7) is 4.42. The number of nitrogens with zero attached hydrogens (tertiary/aromatic N) is 3. The van der Waals surface area contributed by atoms with Gasteiger partial charge in [-0.2, -0.15) is 0 Å². The van der Waals surface area contributed by atoms with E-state index in [1.807, 2.05) is 44.2 Å². The highest BCUT2D eigenvalue weighted by atomic mass is 16.5. The van der Waals surface area contributed by atoms with Crippen LogP contribution in [0, 0.1) is 0 Å². The maximum Gasteiger partial charge on any atom is 0.258 e. The molecule has 7 heteroatoms. The largest absolute Gasteiger partial charge is 0.489 e. The molecule has 0 aliphatic heterocycles. The van der Waals surface area contributed by atoms with Crippen LogP contribution in [0.25, 0.3) is 0 Å². The summed E-state index contributed by atoms with van der Waals surface area (Å²) in [5, 5.41) is 5.93. The van der Waals surface area contributed by atoms with Gasteiger partial charge in [-0.1, -0.05) is 18.2 Å². The lowest BCUT2D eigenvalue weighted by molar-refractivity contribution is 0.102. The highest BCUT2D eigenvalue weighted by Crippen LogP contribution is 2.25. The Kier molecular flexibility index (Phi) is 5.94. The third-order valence-corrected chi connectivity index (χ3v) is 3.59. The first-order valence-corrected chi connectivity index (χ1v) is 8.63. The number of rotatable bonds is 7. The monoisotopic (exact) mass is 363 g/mol. The van der Waals surface area contributed by atoms with Gasteiger partial charge in [-0.25, -0.2) is 9.97 Å². The van der Waals surface area contributed by atoms with Crippen molar-refractivity contribution in [1.82, 2.24) is 15.0 Å². The number of ether oxygens (including phenoxy) is 1. The first kappa shape index (κ1) is 18.3. The van der Waals surface area contributed by atoms with Crippen LogP contribution in [0.4, 0.5) is 11.6 Å². The molecule has 0 fully saturated rings. The molecule has 0 spiro atoms. The summed E-state index contributed by atoms with van der Waals surface area (Å²) in [4.78, 5) is 24.9. The van der Waals surface area contributed by atoms with Crippen LogP contribution in [0.2, 0.25) is 0 Å². The zero-order chi connectivity index (χ0) is 19.1. The summed E-state index contributed by atoms with van der Waals surface area (Å²) in [6.07, 6.45) is 6.47. The Labute approximate surface area is 157 Å². The van der Waals surface area contributed by atoms with Crippen LogP contribution in [-0.2, 0) is 6.54 Å². The number of benzene rings is 1. The molecule has 2 heterocycles. The summed E-state index contributed by atoms with van der Waals surface area (Å²) in [5.74, 6) is 0.768. The van der Waals surface area contributed by atoms with Gasteiger partial charge in [-0.05, 0) is 37.6 Å². The lowest BCUT2D eigenvalue weighted by Gasteiger charge is -2.14. The lowest BCUT2D eigenvalue weighted by atomic mass is 10.2. The minimum atomic E-state index is -0.298. The van der Waals surface area contributed by atoms with Crippen molar-refractivity contribution in [3.8, 4) is 5.75 Å². The van der Waals surface area contributed by atoms with Crippen molar-refractivity contribution in [1.29, 1.82) is 0 Å². The van der Waals surface area contributed by atoms with Gasteiger partial charge in [-0.3, -0.25) is 9.78 Å². The van der Waals surface area contributed by atoms with E-state index in [0.717, 1.165) is 5.56 Å². The van der Waals surface area contributed by atoms with Gasteiger partial charge in [0.15, 0.2) is 0 Å². The molecule has 7 nitrogen and oxygen atoms in total. The zero-order valence-electron chi connectivity index (χ0n) is 15.2. The summed E-state index contributed by atoms with van der Waals surface area (Å²) < 4.78 is 5.71. The molecule has 0 radical (unpaired) electrons. The molecule has 1 amide bonds. The summed E-state index contributed by atoms with van der Waals surface area (Å²) in [6, 6.07) is 11.1. The van der Waals surface area contributed by atoms with E-state index in [1.54, 1.807) is 18.5 Å². The predicted molar refractivity (Wildman–Crippen MR) is 104 cm³/mol. The van der Waals surface area contributed by atoms with Crippen LogP contribution in [0.15, 0.2) is 61.2 Å². The van der Waals surface area contributed by atoms with E-state index >= 15 is 0 Å². The maximum atomic E-state index is 12.5. The van der Waals surface area contributed by atoms with Crippen LogP contribution in [0.3, 0.4) is 0 Å².